The van der Waals surface area contributed by atoms with Gasteiger partial charge in [0.25, 0.3) is 0 Å². The Balaban J connectivity index is 1.85. The highest BCUT2D eigenvalue weighted by Crippen LogP contribution is 2.27. The standard InChI is InChI=1S/C17H23NO2/c1-3-13-10-12(2)17-14(7-8-18-17)15(13)11-20-16-6-4-5-9-19-16/h7-8,10,16,18H,3-6,9,11H2,1-2H3. The SMILES string of the molecule is CCc1cc(C)c2[nH]ccc2c1COC1CCCCO1. The maximum atomic E-state index is 5.99. The Hall–Kier alpha value is -1.32. The van der Waals surface area contributed by atoms with Gasteiger partial charge in [-0.25, -0.2) is 0 Å². The van der Waals surface area contributed by atoms with E-state index in [1.54, 1.807) is 0 Å². The molecule has 3 heteroatoms. The van der Waals surface area contributed by atoms with Crippen LogP contribution in [0.3, 0.4) is 0 Å². The normalized spacial score (nSPS) is 19.6. The Morgan fingerprint density at radius 2 is 2.30 bits per heavy atom. The highest BCUT2D eigenvalue weighted by Gasteiger charge is 2.16. The zero-order valence-electron chi connectivity index (χ0n) is 12.4. The van der Waals surface area contributed by atoms with Crippen LogP contribution in [0.15, 0.2) is 18.3 Å². The highest BCUT2D eigenvalue weighted by atomic mass is 16.7. The molecule has 3 rings (SSSR count). The molecule has 0 amide bonds. The van der Waals surface area contributed by atoms with Gasteiger partial charge in [0.2, 0.25) is 0 Å². The van der Waals surface area contributed by atoms with E-state index >= 15 is 0 Å². The van der Waals surface area contributed by atoms with Crippen molar-refractivity contribution in [3.63, 3.8) is 0 Å². The second kappa shape index (κ2) is 5.98. The molecular formula is C17H23NO2. The predicted octanol–water partition coefficient (Wildman–Crippen LogP) is 4.08. The second-order valence-corrected chi connectivity index (χ2v) is 5.56. The van der Waals surface area contributed by atoms with Gasteiger partial charge in [0, 0.05) is 23.7 Å². The highest BCUT2D eigenvalue weighted by molar-refractivity contribution is 5.86. The molecule has 2 heterocycles. The zero-order valence-corrected chi connectivity index (χ0v) is 12.4. The van der Waals surface area contributed by atoms with Crippen LogP contribution in [0.1, 0.15) is 42.9 Å². The average molecular weight is 273 g/mol. The maximum Gasteiger partial charge on any atom is 0.158 e. The van der Waals surface area contributed by atoms with Crippen LogP contribution in [0, 0.1) is 6.92 Å². The summed E-state index contributed by atoms with van der Waals surface area (Å²) in [4.78, 5) is 3.33. The lowest BCUT2D eigenvalue weighted by Crippen LogP contribution is -2.22. The molecule has 1 fully saturated rings. The van der Waals surface area contributed by atoms with Gasteiger partial charge in [0.05, 0.1) is 6.61 Å². The minimum Gasteiger partial charge on any atom is -0.361 e. The first-order chi connectivity index (χ1) is 9.79. The molecule has 1 aromatic carbocycles. The van der Waals surface area contributed by atoms with Crippen LogP contribution in [0.5, 0.6) is 0 Å². The number of aromatic amines is 1. The van der Waals surface area contributed by atoms with E-state index in [0.29, 0.717) is 6.61 Å². The number of nitrogens with one attached hydrogen (secondary N) is 1. The van der Waals surface area contributed by atoms with Crippen molar-refractivity contribution >= 4 is 10.9 Å². The first kappa shape index (κ1) is 13.7. The number of aryl methyl sites for hydroxylation is 2. The van der Waals surface area contributed by atoms with Crippen LogP contribution in [0.4, 0.5) is 0 Å². The largest absolute Gasteiger partial charge is 0.361 e. The average Bonchev–Trinajstić information content (AvgIpc) is 2.97. The Kier molecular flexibility index (Phi) is 4.08. The fourth-order valence-electron chi connectivity index (χ4n) is 3.05. The number of H-pyrrole nitrogens is 1. The van der Waals surface area contributed by atoms with Crippen molar-refractivity contribution in [3.05, 3.63) is 35.0 Å². The van der Waals surface area contributed by atoms with Crippen LogP contribution in [0.25, 0.3) is 10.9 Å². The lowest BCUT2D eigenvalue weighted by atomic mass is 9.98. The number of rotatable bonds is 4. The minimum absolute atomic E-state index is 0.0243. The Morgan fingerprint density at radius 1 is 1.40 bits per heavy atom. The maximum absolute atomic E-state index is 5.99. The van der Waals surface area contributed by atoms with Crippen LogP contribution in [-0.4, -0.2) is 17.9 Å². The molecule has 0 saturated carbocycles. The smallest absolute Gasteiger partial charge is 0.158 e. The molecule has 20 heavy (non-hydrogen) atoms. The summed E-state index contributed by atoms with van der Waals surface area (Å²) < 4.78 is 11.7. The Morgan fingerprint density at radius 3 is 3.05 bits per heavy atom. The first-order valence-electron chi connectivity index (χ1n) is 7.61. The molecular weight excluding hydrogens is 250 g/mol. The van der Waals surface area contributed by atoms with Gasteiger partial charge in [-0.15, -0.1) is 0 Å². The second-order valence-electron chi connectivity index (χ2n) is 5.56. The Bertz CT molecular complexity index is 582. The van der Waals surface area contributed by atoms with Crippen molar-refractivity contribution in [2.45, 2.75) is 52.4 Å². The number of ether oxygens (including phenoxy) is 2. The predicted molar refractivity (Wildman–Crippen MR) is 80.8 cm³/mol. The number of benzene rings is 1. The first-order valence-corrected chi connectivity index (χ1v) is 7.61. The molecule has 0 bridgehead atoms. The van der Waals surface area contributed by atoms with E-state index in [-0.39, 0.29) is 6.29 Å². The fourth-order valence-corrected chi connectivity index (χ4v) is 3.05. The van der Waals surface area contributed by atoms with Gasteiger partial charge >= 0.3 is 0 Å². The van der Waals surface area contributed by atoms with Gasteiger partial charge in [-0.2, -0.15) is 0 Å². The summed E-state index contributed by atoms with van der Waals surface area (Å²) >= 11 is 0. The molecule has 3 nitrogen and oxygen atoms in total. The summed E-state index contributed by atoms with van der Waals surface area (Å²) in [6.07, 6.45) is 6.41. The van der Waals surface area contributed by atoms with Gasteiger partial charge in [-0.1, -0.05) is 13.0 Å². The summed E-state index contributed by atoms with van der Waals surface area (Å²) in [6.45, 7) is 5.84. The monoisotopic (exact) mass is 273 g/mol. The third kappa shape index (κ3) is 2.60. The number of hydrogen-bond acceptors (Lipinski definition) is 2. The Labute approximate surface area is 120 Å². The van der Waals surface area contributed by atoms with Crippen LogP contribution in [0.2, 0.25) is 0 Å². The molecule has 108 valence electrons. The quantitative estimate of drug-likeness (QED) is 0.910. The van der Waals surface area contributed by atoms with Crippen LogP contribution in [-0.2, 0) is 22.5 Å². The minimum atomic E-state index is -0.0243. The van der Waals surface area contributed by atoms with Crippen molar-refractivity contribution in [3.8, 4) is 0 Å². The molecule has 1 N–H and O–H groups in total. The molecule has 0 aliphatic carbocycles. The number of hydrogen-bond donors (Lipinski definition) is 1. The van der Waals surface area contributed by atoms with Crippen molar-refractivity contribution < 1.29 is 9.47 Å². The van der Waals surface area contributed by atoms with E-state index in [4.69, 9.17) is 9.47 Å². The van der Waals surface area contributed by atoms with E-state index in [2.05, 4.69) is 31.0 Å². The van der Waals surface area contributed by atoms with E-state index in [9.17, 15) is 0 Å². The van der Waals surface area contributed by atoms with E-state index < -0.39 is 0 Å². The number of aromatic nitrogens is 1. The van der Waals surface area contributed by atoms with Gasteiger partial charge in [-0.05, 0) is 55.4 Å². The van der Waals surface area contributed by atoms with E-state index in [1.165, 1.54) is 34.0 Å². The lowest BCUT2D eigenvalue weighted by molar-refractivity contribution is -0.168. The van der Waals surface area contributed by atoms with Crippen molar-refractivity contribution in [2.24, 2.45) is 0 Å². The zero-order chi connectivity index (χ0) is 13.9. The third-order valence-electron chi connectivity index (χ3n) is 4.18. The lowest BCUT2D eigenvalue weighted by Gasteiger charge is -2.23. The van der Waals surface area contributed by atoms with Gasteiger partial charge in [-0.3, -0.25) is 0 Å². The molecule has 1 aromatic heterocycles. The summed E-state index contributed by atoms with van der Waals surface area (Å²) in [5.41, 5.74) is 5.22. The van der Waals surface area contributed by atoms with Gasteiger partial charge in [0.15, 0.2) is 6.29 Å². The van der Waals surface area contributed by atoms with Crippen LogP contribution < -0.4 is 0 Å². The molecule has 1 saturated heterocycles. The van der Waals surface area contributed by atoms with E-state index in [1.807, 2.05) is 6.20 Å². The van der Waals surface area contributed by atoms with Gasteiger partial charge in [0.1, 0.15) is 0 Å². The van der Waals surface area contributed by atoms with Crippen molar-refractivity contribution in [2.75, 3.05) is 6.61 Å². The van der Waals surface area contributed by atoms with Crippen LogP contribution >= 0.6 is 0 Å². The molecule has 1 aliphatic rings. The molecule has 2 aromatic rings. The third-order valence-corrected chi connectivity index (χ3v) is 4.18. The summed E-state index contributed by atoms with van der Waals surface area (Å²) in [5, 5.41) is 1.29. The van der Waals surface area contributed by atoms with Crippen molar-refractivity contribution in [1.29, 1.82) is 0 Å². The van der Waals surface area contributed by atoms with Crippen molar-refractivity contribution in [1.82, 2.24) is 4.98 Å². The summed E-state index contributed by atoms with van der Waals surface area (Å²) in [7, 11) is 0. The van der Waals surface area contributed by atoms with E-state index in [0.717, 1.165) is 25.9 Å². The fraction of sp³-hybridized carbons (Fsp3) is 0.529. The molecule has 0 spiro atoms. The number of fused-ring (bicyclic) bond motifs is 1. The molecule has 1 aliphatic heterocycles. The molecule has 1 unspecified atom stereocenters. The topological polar surface area (TPSA) is 34.2 Å². The molecule has 1 atom stereocenters. The molecule has 0 radical (unpaired) electrons. The van der Waals surface area contributed by atoms with Gasteiger partial charge < -0.3 is 14.5 Å². The summed E-state index contributed by atoms with van der Waals surface area (Å²) in [5.74, 6) is 0. The summed E-state index contributed by atoms with van der Waals surface area (Å²) in [6, 6.07) is 4.43.